The second-order valence-electron chi connectivity index (χ2n) is 7.90. The lowest BCUT2D eigenvalue weighted by atomic mass is 9.97. The SMILES string of the molecule is CCCOCCCN1CCCC(c2cc(NC=O)n(-c3ccc(C)cc3)n2)CC1. The predicted octanol–water partition coefficient (Wildman–Crippen LogP) is 4.14. The van der Waals surface area contributed by atoms with Crippen molar-refractivity contribution in [2.75, 3.05) is 38.2 Å². The molecule has 1 saturated heterocycles. The quantitative estimate of drug-likeness (QED) is 0.483. The van der Waals surface area contributed by atoms with E-state index in [0.29, 0.717) is 5.92 Å². The molecule has 0 radical (unpaired) electrons. The van der Waals surface area contributed by atoms with Gasteiger partial charge in [-0.1, -0.05) is 24.6 Å². The standard InChI is InChI=1S/C23H34N4O2/c1-3-15-29-16-5-13-26-12-4-6-20(11-14-26)22-17-23(24-18-28)27(25-22)21-9-7-19(2)8-10-21/h7-10,17-18,20H,3-6,11-16H2,1-2H3,(H,24,28). The van der Waals surface area contributed by atoms with Crippen molar-refractivity contribution in [2.24, 2.45) is 0 Å². The van der Waals surface area contributed by atoms with E-state index in [4.69, 9.17) is 9.84 Å². The van der Waals surface area contributed by atoms with Crippen LogP contribution in [0.2, 0.25) is 0 Å². The molecule has 1 aromatic carbocycles. The van der Waals surface area contributed by atoms with E-state index in [1.54, 1.807) is 0 Å². The van der Waals surface area contributed by atoms with Gasteiger partial charge < -0.3 is 15.0 Å². The van der Waals surface area contributed by atoms with E-state index in [1.165, 1.54) is 12.0 Å². The molecule has 1 aliphatic heterocycles. The van der Waals surface area contributed by atoms with Crippen LogP contribution < -0.4 is 5.32 Å². The van der Waals surface area contributed by atoms with Gasteiger partial charge >= 0.3 is 0 Å². The van der Waals surface area contributed by atoms with Crippen LogP contribution in [0.1, 0.15) is 56.2 Å². The number of carbonyl (C=O) groups excluding carboxylic acids is 1. The summed E-state index contributed by atoms with van der Waals surface area (Å²) in [6.45, 7) is 9.26. The first-order valence-corrected chi connectivity index (χ1v) is 10.9. The first-order valence-electron chi connectivity index (χ1n) is 10.9. The van der Waals surface area contributed by atoms with E-state index >= 15 is 0 Å². The maximum absolute atomic E-state index is 11.1. The molecule has 1 N–H and O–H groups in total. The van der Waals surface area contributed by atoms with Crippen molar-refractivity contribution in [3.63, 3.8) is 0 Å². The van der Waals surface area contributed by atoms with Crippen LogP contribution >= 0.6 is 0 Å². The number of hydrogen-bond donors (Lipinski definition) is 1. The predicted molar refractivity (Wildman–Crippen MR) is 117 cm³/mol. The summed E-state index contributed by atoms with van der Waals surface area (Å²) in [6, 6.07) is 10.2. The Kier molecular flexibility index (Phi) is 8.25. The van der Waals surface area contributed by atoms with E-state index in [0.717, 1.165) is 82.1 Å². The molecule has 0 saturated carbocycles. The lowest BCUT2D eigenvalue weighted by Crippen LogP contribution is -2.26. The smallest absolute Gasteiger partial charge is 0.212 e. The highest BCUT2D eigenvalue weighted by molar-refractivity contribution is 5.70. The number of anilines is 1. The molecule has 0 aliphatic carbocycles. The lowest BCUT2D eigenvalue weighted by Gasteiger charge is -2.19. The molecule has 0 bridgehead atoms. The number of likely N-dealkylation sites (tertiary alicyclic amines) is 1. The number of nitrogens with zero attached hydrogens (tertiary/aromatic N) is 3. The van der Waals surface area contributed by atoms with Crippen LogP contribution in [-0.4, -0.2) is 53.9 Å². The highest BCUT2D eigenvalue weighted by Gasteiger charge is 2.22. The van der Waals surface area contributed by atoms with Crippen molar-refractivity contribution in [3.8, 4) is 5.69 Å². The maximum atomic E-state index is 11.1. The van der Waals surface area contributed by atoms with Gasteiger partial charge in [0, 0.05) is 31.7 Å². The Morgan fingerprint density at radius 2 is 2.03 bits per heavy atom. The molecule has 3 rings (SSSR count). The van der Waals surface area contributed by atoms with Gasteiger partial charge in [-0.05, 0) is 64.3 Å². The molecule has 29 heavy (non-hydrogen) atoms. The minimum Gasteiger partial charge on any atom is -0.381 e. The average Bonchev–Trinajstić information content (AvgIpc) is 2.99. The molecule has 2 aromatic rings. The summed E-state index contributed by atoms with van der Waals surface area (Å²) in [4.78, 5) is 13.6. The fourth-order valence-corrected chi connectivity index (χ4v) is 3.96. The van der Waals surface area contributed by atoms with Crippen molar-refractivity contribution in [1.82, 2.24) is 14.7 Å². The van der Waals surface area contributed by atoms with Gasteiger partial charge in [0.1, 0.15) is 5.82 Å². The van der Waals surface area contributed by atoms with Crippen molar-refractivity contribution in [2.45, 2.75) is 51.9 Å². The first-order chi connectivity index (χ1) is 14.2. The monoisotopic (exact) mass is 398 g/mol. The van der Waals surface area contributed by atoms with Gasteiger partial charge in [-0.15, -0.1) is 0 Å². The number of amides is 1. The summed E-state index contributed by atoms with van der Waals surface area (Å²) in [6.07, 6.45) is 6.31. The summed E-state index contributed by atoms with van der Waals surface area (Å²) < 4.78 is 7.45. The van der Waals surface area contributed by atoms with Crippen molar-refractivity contribution in [3.05, 3.63) is 41.6 Å². The second kappa shape index (κ2) is 11.1. The number of rotatable bonds is 10. The molecule has 1 aromatic heterocycles. The van der Waals surface area contributed by atoms with E-state index < -0.39 is 0 Å². The molecule has 158 valence electrons. The zero-order chi connectivity index (χ0) is 20.5. The van der Waals surface area contributed by atoms with Crippen LogP contribution in [0.3, 0.4) is 0 Å². The zero-order valence-corrected chi connectivity index (χ0v) is 17.8. The number of benzene rings is 1. The van der Waals surface area contributed by atoms with E-state index in [1.807, 2.05) is 22.9 Å². The van der Waals surface area contributed by atoms with Gasteiger partial charge in [-0.3, -0.25) is 4.79 Å². The van der Waals surface area contributed by atoms with E-state index in [2.05, 4.69) is 36.2 Å². The largest absolute Gasteiger partial charge is 0.381 e. The number of nitrogens with one attached hydrogen (secondary N) is 1. The average molecular weight is 399 g/mol. The summed E-state index contributed by atoms with van der Waals surface area (Å²) in [7, 11) is 0. The van der Waals surface area contributed by atoms with Gasteiger partial charge in [0.05, 0.1) is 11.4 Å². The van der Waals surface area contributed by atoms with Crippen LogP contribution in [0.25, 0.3) is 5.69 Å². The molecule has 6 nitrogen and oxygen atoms in total. The van der Waals surface area contributed by atoms with E-state index in [-0.39, 0.29) is 0 Å². The van der Waals surface area contributed by atoms with Gasteiger partial charge in [-0.2, -0.15) is 5.10 Å². The number of aromatic nitrogens is 2. The number of carbonyl (C=O) groups is 1. The van der Waals surface area contributed by atoms with Gasteiger partial charge in [0.15, 0.2) is 0 Å². The fourth-order valence-electron chi connectivity index (χ4n) is 3.96. The van der Waals surface area contributed by atoms with Crippen molar-refractivity contribution in [1.29, 1.82) is 0 Å². The third-order valence-corrected chi connectivity index (χ3v) is 5.56. The van der Waals surface area contributed by atoms with Crippen molar-refractivity contribution < 1.29 is 9.53 Å². The molecule has 1 amide bonds. The summed E-state index contributed by atoms with van der Waals surface area (Å²) >= 11 is 0. The Labute approximate surface area is 174 Å². The number of hydrogen-bond acceptors (Lipinski definition) is 4. The normalized spacial score (nSPS) is 17.8. The Morgan fingerprint density at radius 1 is 1.21 bits per heavy atom. The Morgan fingerprint density at radius 3 is 2.79 bits per heavy atom. The Bertz CT molecular complexity index is 757. The van der Waals surface area contributed by atoms with Gasteiger partial charge in [0.25, 0.3) is 0 Å². The van der Waals surface area contributed by atoms with Crippen molar-refractivity contribution >= 4 is 12.2 Å². The topological polar surface area (TPSA) is 59.4 Å². The molecule has 6 heteroatoms. The third-order valence-electron chi connectivity index (χ3n) is 5.56. The van der Waals surface area contributed by atoms with Crippen LogP contribution in [0, 0.1) is 6.92 Å². The minimum atomic E-state index is 0.426. The summed E-state index contributed by atoms with van der Waals surface area (Å²) in [5.74, 6) is 1.16. The molecule has 2 heterocycles. The maximum Gasteiger partial charge on any atom is 0.212 e. The van der Waals surface area contributed by atoms with Crippen LogP contribution in [-0.2, 0) is 9.53 Å². The molecule has 1 aliphatic rings. The molecule has 1 unspecified atom stereocenters. The zero-order valence-electron chi connectivity index (χ0n) is 17.8. The Hall–Kier alpha value is -2.18. The molecular formula is C23H34N4O2. The van der Waals surface area contributed by atoms with Gasteiger partial charge in [0.2, 0.25) is 6.41 Å². The molecule has 0 spiro atoms. The number of ether oxygens (including phenoxy) is 1. The second-order valence-corrected chi connectivity index (χ2v) is 7.90. The number of aryl methyl sites for hydroxylation is 1. The molecule has 1 atom stereocenters. The van der Waals surface area contributed by atoms with Gasteiger partial charge in [-0.25, -0.2) is 4.68 Å². The molecular weight excluding hydrogens is 364 g/mol. The van der Waals surface area contributed by atoms with Crippen LogP contribution in [0.5, 0.6) is 0 Å². The van der Waals surface area contributed by atoms with E-state index in [9.17, 15) is 4.79 Å². The summed E-state index contributed by atoms with van der Waals surface area (Å²) in [5, 5.41) is 7.69. The summed E-state index contributed by atoms with van der Waals surface area (Å²) in [5.41, 5.74) is 3.24. The minimum absolute atomic E-state index is 0.426. The molecule has 1 fully saturated rings. The fraction of sp³-hybridized carbons (Fsp3) is 0.565. The van der Waals surface area contributed by atoms with Crippen LogP contribution in [0.4, 0.5) is 5.82 Å². The third kappa shape index (κ3) is 6.15. The lowest BCUT2D eigenvalue weighted by molar-refractivity contribution is -0.105. The first kappa shape index (κ1) is 21.5. The Balaban J connectivity index is 1.63. The highest BCUT2D eigenvalue weighted by atomic mass is 16.5. The van der Waals surface area contributed by atoms with Crippen LogP contribution in [0.15, 0.2) is 30.3 Å². The highest BCUT2D eigenvalue weighted by Crippen LogP contribution is 2.30.